The number of hydrogen-bond acceptors (Lipinski definition) is 4. The second-order valence-corrected chi connectivity index (χ2v) is 4.47. The molecule has 0 radical (unpaired) electrons. The molecule has 0 fully saturated rings. The number of anilines is 1. The summed E-state index contributed by atoms with van der Waals surface area (Å²) in [6.07, 6.45) is 2.05. The minimum atomic E-state index is -0.498. The zero-order valence-electron chi connectivity index (χ0n) is 10.3. The fourth-order valence-corrected chi connectivity index (χ4v) is 1.86. The molecule has 3 N–H and O–H groups in total. The van der Waals surface area contributed by atoms with Gasteiger partial charge in [-0.3, -0.25) is 14.3 Å². The molecule has 0 aliphatic heterocycles. The van der Waals surface area contributed by atoms with Crippen LogP contribution in [0.2, 0.25) is 5.02 Å². The summed E-state index contributed by atoms with van der Waals surface area (Å²) in [5.41, 5.74) is 5.73. The summed E-state index contributed by atoms with van der Waals surface area (Å²) in [4.78, 5) is 29.5. The summed E-state index contributed by atoms with van der Waals surface area (Å²) in [5.74, 6) is 0.326. The van der Waals surface area contributed by atoms with Crippen LogP contribution in [-0.4, -0.2) is 14.5 Å². The second-order valence-electron chi connectivity index (χ2n) is 4.06. The maximum Gasteiger partial charge on any atom is 0.328 e. The Morgan fingerprint density at radius 1 is 1.42 bits per heavy atom. The van der Waals surface area contributed by atoms with Crippen molar-refractivity contribution in [3.05, 3.63) is 55.4 Å². The second kappa shape index (κ2) is 5.27. The van der Waals surface area contributed by atoms with Gasteiger partial charge in [0.05, 0.1) is 17.3 Å². The van der Waals surface area contributed by atoms with E-state index in [0.29, 0.717) is 28.5 Å². The summed E-state index contributed by atoms with van der Waals surface area (Å²) in [7, 11) is 0. The fourth-order valence-electron chi connectivity index (χ4n) is 1.70. The molecule has 0 bridgehead atoms. The summed E-state index contributed by atoms with van der Waals surface area (Å²) in [6, 6.07) is 3.20. The minimum absolute atomic E-state index is 0.159. The van der Waals surface area contributed by atoms with Crippen LogP contribution in [0.5, 0.6) is 0 Å². The highest BCUT2D eigenvalue weighted by Crippen LogP contribution is 2.15. The van der Waals surface area contributed by atoms with Gasteiger partial charge in [-0.25, -0.2) is 9.78 Å². The van der Waals surface area contributed by atoms with Gasteiger partial charge in [0.25, 0.3) is 5.56 Å². The predicted molar refractivity (Wildman–Crippen MR) is 73.5 cm³/mol. The molecule has 2 aromatic rings. The van der Waals surface area contributed by atoms with Crippen molar-refractivity contribution < 1.29 is 0 Å². The van der Waals surface area contributed by atoms with E-state index in [-0.39, 0.29) is 12.1 Å². The number of nitrogens with zero attached hydrogens (tertiary/aromatic N) is 2. The van der Waals surface area contributed by atoms with Crippen LogP contribution in [0.1, 0.15) is 18.2 Å². The van der Waals surface area contributed by atoms with E-state index < -0.39 is 5.69 Å². The molecule has 2 heterocycles. The zero-order valence-corrected chi connectivity index (χ0v) is 11.1. The van der Waals surface area contributed by atoms with Crippen LogP contribution in [-0.2, 0) is 13.0 Å². The molecular weight excluding hydrogens is 268 g/mol. The van der Waals surface area contributed by atoms with Gasteiger partial charge in [-0.15, -0.1) is 0 Å². The number of pyridine rings is 1. The third-order valence-electron chi connectivity index (χ3n) is 2.73. The maximum absolute atomic E-state index is 11.7. The monoisotopic (exact) mass is 280 g/mol. The molecule has 6 nitrogen and oxygen atoms in total. The van der Waals surface area contributed by atoms with Crippen LogP contribution in [0, 0.1) is 0 Å². The highest BCUT2D eigenvalue weighted by atomic mass is 35.5. The lowest BCUT2D eigenvalue weighted by atomic mass is 10.2. The van der Waals surface area contributed by atoms with Crippen molar-refractivity contribution in [2.24, 2.45) is 0 Å². The molecule has 2 aromatic heterocycles. The van der Waals surface area contributed by atoms with Crippen molar-refractivity contribution in [1.29, 1.82) is 0 Å². The Morgan fingerprint density at radius 3 is 2.84 bits per heavy atom. The summed E-state index contributed by atoms with van der Waals surface area (Å²) >= 11 is 6.00. The Hall–Kier alpha value is -2.08. The first kappa shape index (κ1) is 13.4. The SMILES string of the molecule is CCc1cn(Cc2nc(N)ccc2Cl)c(=O)[nH]c1=O. The van der Waals surface area contributed by atoms with E-state index in [0.717, 1.165) is 0 Å². The minimum Gasteiger partial charge on any atom is -0.384 e. The molecule has 0 saturated heterocycles. The Kier molecular flexibility index (Phi) is 3.71. The van der Waals surface area contributed by atoms with Gasteiger partial charge >= 0.3 is 5.69 Å². The van der Waals surface area contributed by atoms with Crippen LogP contribution < -0.4 is 17.0 Å². The molecule has 0 unspecified atom stereocenters. The number of nitrogens with one attached hydrogen (secondary N) is 1. The topological polar surface area (TPSA) is 93.8 Å². The van der Waals surface area contributed by atoms with E-state index in [2.05, 4.69) is 9.97 Å². The molecule has 0 spiro atoms. The number of hydrogen-bond donors (Lipinski definition) is 2. The van der Waals surface area contributed by atoms with E-state index in [1.54, 1.807) is 12.1 Å². The third-order valence-corrected chi connectivity index (χ3v) is 3.07. The average molecular weight is 281 g/mol. The highest BCUT2D eigenvalue weighted by Gasteiger charge is 2.07. The normalized spacial score (nSPS) is 10.6. The van der Waals surface area contributed by atoms with Gasteiger partial charge in [0, 0.05) is 11.8 Å². The van der Waals surface area contributed by atoms with Crippen molar-refractivity contribution in [3.8, 4) is 0 Å². The molecule has 0 amide bonds. The van der Waals surface area contributed by atoms with Gasteiger partial charge in [0.1, 0.15) is 5.82 Å². The molecule has 100 valence electrons. The lowest BCUT2D eigenvalue weighted by Gasteiger charge is -2.08. The van der Waals surface area contributed by atoms with Gasteiger partial charge < -0.3 is 5.73 Å². The van der Waals surface area contributed by atoms with E-state index in [1.807, 2.05) is 6.92 Å². The van der Waals surface area contributed by atoms with E-state index in [9.17, 15) is 9.59 Å². The quantitative estimate of drug-likeness (QED) is 0.869. The summed E-state index contributed by atoms with van der Waals surface area (Å²) in [6.45, 7) is 2.00. The van der Waals surface area contributed by atoms with Crippen LogP contribution in [0.15, 0.2) is 27.9 Å². The third kappa shape index (κ3) is 2.85. The molecule has 2 rings (SSSR count). The van der Waals surface area contributed by atoms with E-state index in [1.165, 1.54) is 10.8 Å². The fraction of sp³-hybridized carbons (Fsp3) is 0.250. The zero-order chi connectivity index (χ0) is 14.0. The highest BCUT2D eigenvalue weighted by molar-refractivity contribution is 6.31. The number of aromatic amines is 1. The van der Waals surface area contributed by atoms with E-state index >= 15 is 0 Å². The number of H-pyrrole nitrogens is 1. The Balaban J connectivity index is 2.46. The average Bonchev–Trinajstić information content (AvgIpc) is 2.37. The predicted octanol–water partition coefficient (Wildman–Crippen LogP) is 0.778. The Bertz CT molecular complexity index is 720. The van der Waals surface area contributed by atoms with Crippen LogP contribution in [0.25, 0.3) is 0 Å². The van der Waals surface area contributed by atoms with Crippen LogP contribution in [0.4, 0.5) is 5.82 Å². The van der Waals surface area contributed by atoms with E-state index in [4.69, 9.17) is 17.3 Å². The van der Waals surface area contributed by atoms with Gasteiger partial charge in [0.15, 0.2) is 0 Å². The molecule has 0 aliphatic rings. The summed E-state index contributed by atoms with van der Waals surface area (Å²) in [5, 5.41) is 0.422. The number of nitrogen functional groups attached to an aromatic ring is 1. The molecular formula is C12H13ClN4O2. The molecule has 0 saturated carbocycles. The van der Waals surface area contributed by atoms with Gasteiger partial charge in [0.2, 0.25) is 0 Å². The number of aromatic nitrogens is 3. The van der Waals surface area contributed by atoms with Crippen molar-refractivity contribution in [2.75, 3.05) is 5.73 Å². The Morgan fingerprint density at radius 2 is 2.16 bits per heavy atom. The summed E-state index contributed by atoms with van der Waals surface area (Å²) < 4.78 is 1.36. The largest absolute Gasteiger partial charge is 0.384 e. The van der Waals surface area contributed by atoms with Crippen molar-refractivity contribution in [3.63, 3.8) is 0 Å². The first-order chi connectivity index (χ1) is 9.01. The lowest BCUT2D eigenvalue weighted by molar-refractivity contribution is 0.695. The van der Waals surface area contributed by atoms with Crippen LogP contribution >= 0.6 is 11.6 Å². The lowest BCUT2D eigenvalue weighted by Crippen LogP contribution is -2.32. The Labute approximate surface area is 113 Å². The molecule has 19 heavy (non-hydrogen) atoms. The number of rotatable bonds is 3. The first-order valence-electron chi connectivity index (χ1n) is 5.74. The van der Waals surface area contributed by atoms with Crippen LogP contribution in [0.3, 0.4) is 0 Å². The van der Waals surface area contributed by atoms with Gasteiger partial charge in [-0.1, -0.05) is 18.5 Å². The molecule has 0 aromatic carbocycles. The molecule has 7 heteroatoms. The number of aryl methyl sites for hydroxylation is 1. The molecule has 0 aliphatic carbocycles. The maximum atomic E-state index is 11.7. The van der Waals surface area contributed by atoms with Gasteiger partial charge in [-0.2, -0.15) is 0 Å². The smallest absolute Gasteiger partial charge is 0.328 e. The van der Waals surface area contributed by atoms with Crippen molar-refractivity contribution in [2.45, 2.75) is 19.9 Å². The number of nitrogens with two attached hydrogens (primary N) is 1. The first-order valence-corrected chi connectivity index (χ1v) is 6.12. The van der Waals surface area contributed by atoms with Crippen molar-refractivity contribution >= 4 is 17.4 Å². The van der Waals surface area contributed by atoms with Gasteiger partial charge in [-0.05, 0) is 18.6 Å². The van der Waals surface area contributed by atoms with Crippen molar-refractivity contribution in [1.82, 2.24) is 14.5 Å². The molecule has 0 atom stereocenters. The number of halogens is 1. The standard InChI is InChI=1S/C12H13ClN4O2/c1-2-7-5-17(12(19)16-11(7)18)6-9-8(13)3-4-10(14)15-9/h3-5H,2,6H2,1H3,(H2,14,15)(H,16,18,19).